The van der Waals surface area contributed by atoms with Crippen LogP contribution in [0.5, 0.6) is 5.75 Å². The van der Waals surface area contributed by atoms with Crippen LogP contribution in [0.1, 0.15) is 30.1 Å². The van der Waals surface area contributed by atoms with Crippen molar-refractivity contribution in [3.8, 4) is 5.75 Å². The van der Waals surface area contributed by atoms with Gasteiger partial charge in [0, 0.05) is 18.7 Å². The molecule has 1 saturated heterocycles. The number of benzene rings is 2. The van der Waals surface area contributed by atoms with E-state index < -0.39 is 26.6 Å². The first-order chi connectivity index (χ1) is 12.9. The summed E-state index contributed by atoms with van der Waals surface area (Å²) in [5.41, 5.74) is 0.512. The number of hydrogen-bond donors (Lipinski definition) is 1. The second-order valence-electron chi connectivity index (χ2n) is 6.14. The molecule has 0 unspecified atom stereocenters. The Morgan fingerprint density at radius 3 is 2.59 bits per heavy atom. The molecule has 1 aliphatic rings. The summed E-state index contributed by atoms with van der Waals surface area (Å²) in [7, 11) is -3.96. The van der Waals surface area contributed by atoms with Crippen LogP contribution >= 0.6 is 0 Å². The molecule has 0 saturated carbocycles. The number of carbonyl (C=O) groups is 1. The van der Waals surface area contributed by atoms with Gasteiger partial charge in [-0.15, -0.1) is 0 Å². The van der Waals surface area contributed by atoms with Crippen molar-refractivity contribution in [2.75, 3.05) is 25.0 Å². The summed E-state index contributed by atoms with van der Waals surface area (Å²) in [5, 5.41) is 2.68. The van der Waals surface area contributed by atoms with Gasteiger partial charge in [-0.25, -0.2) is 12.8 Å². The first kappa shape index (κ1) is 19.3. The molecule has 3 rings (SSSR count). The highest BCUT2D eigenvalue weighted by molar-refractivity contribution is 7.89. The monoisotopic (exact) mass is 392 g/mol. The number of ether oxygens (including phenoxy) is 1. The number of hydrogen-bond acceptors (Lipinski definition) is 4. The van der Waals surface area contributed by atoms with Crippen LogP contribution in [0.25, 0.3) is 0 Å². The van der Waals surface area contributed by atoms with Crippen LogP contribution < -0.4 is 10.1 Å². The van der Waals surface area contributed by atoms with Crippen molar-refractivity contribution < 1.29 is 22.3 Å². The van der Waals surface area contributed by atoms with Gasteiger partial charge in [-0.2, -0.15) is 4.31 Å². The van der Waals surface area contributed by atoms with E-state index in [9.17, 15) is 17.6 Å². The molecule has 2 aromatic carbocycles. The zero-order chi connectivity index (χ0) is 19.4. The molecule has 0 spiro atoms. The van der Waals surface area contributed by atoms with Gasteiger partial charge in [0.1, 0.15) is 16.5 Å². The number of carbonyl (C=O) groups excluding carboxylic acids is 1. The van der Waals surface area contributed by atoms with Gasteiger partial charge in [0.05, 0.1) is 12.3 Å². The highest BCUT2D eigenvalue weighted by Gasteiger charge is 2.30. The van der Waals surface area contributed by atoms with Gasteiger partial charge in [-0.3, -0.25) is 4.79 Å². The van der Waals surface area contributed by atoms with E-state index in [0.717, 1.165) is 25.0 Å². The zero-order valence-corrected chi connectivity index (χ0v) is 15.8. The third-order valence-electron chi connectivity index (χ3n) is 4.31. The molecule has 1 N–H and O–H groups in total. The smallest absolute Gasteiger partial charge is 0.255 e. The minimum atomic E-state index is -3.96. The van der Waals surface area contributed by atoms with Crippen molar-refractivity contribution in [3.05, 3.63) is 53.8 Å². The Morgan fingerprint density at radius 2 is 1.89 bits per heavy atom. The molecule has 144 valence electrons. The lowest BCUT2D eigenvalue weighted by atomic mass is 10.2. The number of amides is 1. The molecule has 27 heavy (non-hydrogen) atoms. The zero-order valence-electron chi connectivity index (χ0n) is 14.9. The SMILES string of the molecule is CCOc1ccccc1NC(=O)c1ccc(F)c(S(=O)(=O)N2CCCC2)c1. The number of halogens is 1. The Kier molecular flexibility index (Phi) is 5.76. The summed E-state index contributed by atoms with van der Waals surface area (Å²) in [6.07, 6.45) is 1.49. The summed E-state index contributed by atoms with van der Waals surface area (Å²) in [4.78, 5) is 12.1. The Hall–Kier alpha value is -2.45. The molecule has 0 bridgehead atoms. The molecule has 1 amide bonds. The summed E-state index contributed by atoms with van der Waals surface area (Å²) in [5.74, 6) is -0.909. The van der Waals surface area contributed by atoms with Gasteiger partial charge >= 0.3 is 0 Å². The fourth-order valence-corrected chi connectivity index (χ4v) is 4.56. The van der Waals surface area contributed by atoms with Gasteiger partial charge in [-0.1, -0.05) is 12.1 Å². The molecule has 1 heterocycles. The van der Waals surface area contributed by atoms with E-state index in [1.807, 2.05) is 6.92 Å². The number of anilines is 1. The third kappa shape index (κ3) is 4.12. The number of nitrogens with zero attached hydrogens (tertiary/aromatic N) is 1. The molecule has 1 fully saturated rings. The van der Waals surface area contributed by atoms with Crippen LogP contribution in [-0.2, 0) is 10.0 Å². The van der Waals surface area contributed by atoms with E-state index in [0.29, 0.717) is 31.1 Å². The molecule has 6 nitrogen and oxygen atoms in total. The van der Waals surface area contributed by atoms with E-state index in [1.165, 1.54) is 10.4 Å². The van der Waals surface area contributed by atoms with Crippen LogP contribution in [-0.4, -0.2) is 38.3 Å². The maximum atomic E-state index is 14.2. The van der Waals surface area contributed by atoms with Gasteiger partial charge in [0.2, 0.25) is 10.0 Å². The fourth-order valence-electron chi connectivity index (χ4n) is 2.96. The average molecular weight is 392 g/mol. The quantitative estimate of drug-likeness (QED) is 0.819. The Morgan fingerprint density at radius 1 is 1.19 bits per heavy atom. The fraction of sp³-hybridized carbons (Fsp3) is 0.316. The van der Waals surface area contributed by atoms with E-state index in [-0.39, 0.29) is 5.56 Å². The van der Waals surface area contributed by atoms with Crippen LogP contribution in [0, 0.1) is 5.82 Å². The van der Waals surface area contributed by atoms with Crippen molar-refractivity contribution in [2.24, 2.45) is 0 Å². The summed E-state index contributed by atoms with van der Waals surface area (Å²) in [6.45, 7) is 2.98. The highest BCUT2D eigenvalue weighted by atomic mass is 32.2. The van der Waals surface area contributed by atoms with E-state index in [2.05, 4.69) is 5.32 Å². The van der Waals surface area contributed by atoms with Crippen molar-refractivity contribution in [2.45, 2.75) is 24.7 Å². The average Bonchev–Trinajstić information content (AvgIpc) is 3.19. The Bertz CT molecular complexity index is 940. The third-order valence-corrected chi connectivity index (χ3v) is 6.22. The lowest BCUT2D eigenvalue weighted by Gasteiger charge is -2.17. The normalized spacial score (nSPS) is 14.9. The van der Waals surface area contributed by atoms with Gasteiger partial charge in [0.15, 0.2) is 0 Å². The minimum Gasteiger partial charge on any atom is -0.492 e. The summed E-state index contributed by atoms with van der Waals surface area (Å²) >= 11 is 0. The highest BCUT2D eigenvalue weighted by Crippen LogP contribution is 2.27. The van der Waals surface area contributed by atoms with Crippen molar-refractivity contribution in [1.29, 1.82) is 0 Å². The lowest BCUT2D eigenvalue weighted by Crippen LogP contribution is -2.29. The summed E-state index contributed by atoms with van der Waals surface area (Å²) in [6, 6.07) is 10.3. The molecule has 8 heteroatoms. The van der Waals surface area contributed by atoms with Crippen molar-refractivity contribution in [1.82, 2.24) is 4.31 Å². The minimum absolute atomic E-state index is 0.0560. The maximum Gasteiger partial charge on any atom is 0.255 e. The molecular weight excluding hydrogens is 371 g/mol. The van der Waals surface area contributed by atoms with Crippen LogP contribution in [0.4, 0.5) is 10.1 Å². The van der Waals surface area contributed by atoms with Crippen LogP contribution in [0.15, 0.2) is 47.4 Å². The number of nitrogens with one attached hydrogen (secondary N) is 1. The lowest BCUT2D eigenvalue weighted by molar-refractivity contribution is 0.102. The molecule has 0 aromatic heterocycles. The van der Waals surface area contributed by atoms with E-state index >= 15 is 0 Å². The summed E-state index contributed by atoms with van der Waals surface area (Å²) < 4.78 is 46.2. The molecule has 0 atom stereocenters. The number of rotatable bonds is 6. The Balaban J connectivity index is 1.89. The predicted molar refractivity (Wildman–Crippen MR) is 100.0 cm³/mol. The van der Waals surface area contributed by atoms with Gasteiger partial charge < -0.3 is 10.1 Å². The van der Waals surface area contributed by atoms with E-state index in [1.54, 1.807) is 24.3 Å². The first-order valence-corrected chi connectivity index (χ1v) is 10.2. The number of para-hydroxylation sites is 2. The van der Waals surface area contributed by atoms with E-state index in [4.69, 9.17) is 4.74 Å². The standard InChI is InChI=1S/C19H21FN2O4S/c1-2-26-17-8-4-3-7-16(17)21-19(23)14-9-10-15(20)18(13-14)27(24,25)22-11-5-6-12-22/h3-4,7-10,13H,2,5-6,11-12H2,1H3,(H,21,23). The number of sulfonamides is 1. The second-order valence-corrected chi connectivity index (χ2v) is 8.05. The first-order valence-electron chi connectivity index (χ1n) is 8.76. The van der Waals surface area contributed by atoms with Crippen LogP contribution in [0.2, 0.25) is 0 Å². The van der Waals surface area contributed by atoms with Crippen molar-refractivity contribution >= 4 is 21.6 Å². The predicted octanol–water partition coefficient (Wildman–Crippen LogP) is 3.26. The second kappa shape index (κ2) is 8.06. The van der Waals surface area contributed by atoms with Crippen molar-refractivity contribution in [3.63, 3.8) is 0 Å². The molecular formula is C19H21FN2O4S. The van der Waals surface area contributed by atoms with Gasteiger partial charge in [0.25, 0.3) is 5.91 Å². The largest absolute Gasteiger partial charge is 0.492 e. The molecule has 0 aliphatic carbocycles. The maximum absolute atomic E-state index is 14.2. The topological polar surface area (TPSA) is 75.7 Å². The van der Waals surface area contributed by atoms with Crippen LogP contribution in [0.3, 0.4) is 0 Å². The van der Waals surface area contributed by atoms with Gasteiger partial charge in [-0.05, 0) is 50.1 Å². The Labute approximate surface area is 158 Å². The molecule has 1 aliphatic heterocycles. The molecule has 0 radical (unpaired) electrons. The molecule has 2 aromatic rings.